The number of hydrogen-bond acceptors (Lipinski definition) is 3. The molecular formula is C16H32N2O3. The van der Waals surface area contributed by atoms with Crippen LogP contribution in [0.1, 0.15) is 58.8 Å². The second-order valence-corrected chi connectivity index (χ2v) is 6.54. The molecule has 0 aromatic rings. The third-order valence-corrected chi connectivity index (χ3v) is 4.54. The molecule has 0 spiro atoms. The SMILES string of the molecule is CCCCC(COC)NC(=O)NCC1(C)CCCCC1O. The Morgan fingerprint density at radius 2 is 2.24 bits per heavy atom. The van der Waals surface area contributed by atoms with Crippen LogP contribution in [-0.4, -0.2) is 43.5 Å². The smallest absolute Gasteiger partial charge is 0.315 e. The summed E-state index contributed by atoms with van der Waals surface area (Å²) in [6.07, 6.45) is 6.79. The van der Waals surface area contributed by atoms with E-state index in [-0.39, 0.29) is 23.6 Å². The second kappa shape index (κ2) is 9.26. The Balaban J connectivity index is 2.37. The van der Waals surface area contributed by atoms with Gasteiger partial charge in [0.25, 0.3) is 0 Å². The van der Waals surface area contributed by atoms with E-state index in [2.05, 4.69) is 24.5 Å². The molecule has 0 aromatic carbocycles. The fourth-order valence-electron chi connectivity index (χ4n) is 2.96. The molecule has 2 amide bonds. The average Bonchev–Trinajstić information content (AvgIpc) is 2.46. The molecule has 3 atom stereocenters. The van der Waals surface area contributed by atoms with Crippen LogP contribution in [0.25, 0.3) is 0 Å². The molecule has 5 heteroatoms. The molecule has 1 rings (SSSR count). The Labute approximate surface area is 128 Å². The quantitative estimate of drug-likeness (QED) is 0.645. The molecule has 3 N–H and O–H groups in total. The lowest BCUT2D eigenvalue weighted by Crippen LogP contribution is -2.50. The van der Waals surface area contributed by atoms with Gasteiger partial charge in [0, 0.05) is 19.1 Å². The van der Waals surface area contributed by atoms with Gasteiger partial charge in [0.05, 0.1) is 18.8 Å². The number of carbonyl (C=O) groups is 1. The number of nitrogens with one attached hydrogen (secondary N) is 2. The topological polar surface area (TPSA) is 70.6 Å². The van der Waals surface area contributed by atoms with Gasteiger partial charge in [0.15, 0.2) is 0 Å². The molecule has 0 bridgehead atoms. The minimum Gasteiger partial charge on any atom is -0.392 e. The number of rotatable bonds is 8. The molecular weight excluding hydrogens is 268 g/mol. The van der Waals surface area contributed by atoms with Crippen molar-refractivity contribution >= 4 is 6.03 Å². The highest BCUT2D eigenvalue weighted by Gasteiger charge is 2.35. The Morgan fingerprint density at radius 1 is 1.48 bits per heavy atom. The van der Waals surface area contributed by atoms with E-state index in [0.717, 1.165) is 44.9 Å². The number of aliphatic hydroxyl groups excluding tert-OH is 1. The first-order valence-electron chi connectivity index (χ1n) is 8.23. The number of ether oxygens (including phenoxy) is 1. The van der Waals surface area contributed by atoms with Gasteiger partial charge >= 0.3 is 6.03 Å². The Morgan fingerprint density at radius 3 is 2.86 bits per heavy atom. The van der Waals surface area contributed by atoms with Gasteiger partial charge in [-0.1, -0.05) is 39.5 Å². The second-order valence-electron chi connectivity index (χ2n) is 6.54. The molecule has 1 aliphatic carbocycles. The maximum Gasteiger partial charge on any atom is 0.315 e. The summed E-state index contributed by atoms with van der Waals surface area (Å²) >= 11 is 0. The van der Waals surface area contributed by atoms with E-state index in [9.17, 15) is 9.90 Å². The van der Waals surface area contributed by atoms with Crippen molar-refractivity contribution in [1.29, 1.82) is 0 Å². The summed E-state index contributed by atoms with van der Waals surface area (Å²) in [6.45, 7) is 5.25. The fourth-order valence-corrected chi connectivity index (χ4v) is 2.96. The van der Waals surface area contributed by atoms with Gasteiger partial charge in [0.1, 0.15) is 0 Å². The van der Waals surface area contributed by atoms with Gasteiger partial charge in [-0.3, -0.25) is 0 Å². The maximum atomic E-state index is 12.0. The number of urea groups is 1. The summed E-state index contributed by atoms with van der Waals surface area (Å²) in [7, 11) is 1.65. The van der Waals surface area contributed by atoms with Crippen LogP contribution < -0.4 is 10.6 Å². The molecule has 0 aliphatic heterocycles. The van der Waals surface area contributed by atoms with E-state index in [1.807, 2.05) is 0 Å². The van der Waals surface area contributed by atoms with E-state index < -0.39 is 0 Å². The van der Waals surface area contributed by atoms with Crippen molar-refractivity contribution in [2.24, 2.45) is 5.41 Å². The van der Waals surface area contributed by atoms with Gasteiger partial charge in [-0.15, -0.1) is 0 Å². The summed E-state index contributed by atoms with van der Waals surface area (Å²) in [5.41, 5.74) is -0.199. The van der Waals surface area contributed by atoms with E-state index in [0.29, 0.717) is 13.2 Å². The van der Waals surface area contributed by atoms with Crippen LogP contribution in [0.4, 0.5) is 4.79 Å². The van der Waals surface area contributed by atoms with Gasteiger partial charge < -0.3 is 20.5 Å². The zero-order valence-electron chi connectivity index (χ0n) is 13.8. The number of carbonyl (C=O) groups excluding carboxylic acids is 1. The lowest BCUT2D eigenvalue weighted by Gasteiger charge is -2.38. The van der Waals surface area contributed by atoms with E-state index in [4.69, 9.17) is 4.74 Å². The standard InChI is InChI=1S/C16H32N2O3/c1-4-5-8-13(11-21-3)18-15(20)17-12-16(2)10-7-6-9-14(16)19/h13-14,19H,4-12H2,1-3H3,(H2,17,18,20). The van der Waals surface area contributed by atoms with E-state index in [1.54, 1.807) is 7.11 Å². The molecule has 1 aliphatic rings. The Hall–Kier alpha value is -0.810. The van der Waals surface area contributed by atoms with Gasteiger partial charge in [-0.05, 0) is 19.3 Å². The van der Waals surface area contributed by atoms with Gasteiger partial charge in [0.2, 0.25) is 0 Å². The fraction of sp³-hybridized carbons (Fsp3) is 0.938. The van der Waals surface area contributed by atoms with Crippen LogP contribution in [-0.2, 0) is 4.74 Å². The summed E-state index contributed by atoms with van der Waals surface area (Å²) in [5, 5.41) is 16.0. The number of amides is 2. The number of unbranched alkanes of at least 4 members (excludes halogenated alkanes) is 1. The summed E-state index contributed by atoms with van der Waals surface area (Å²) < 4.78 is 5.15. The lowest BCUT2D eigenvalue weighted by atomic mass is 9.73. The molecule has 5 nitrogen and oxygen atoms in total. The number of aliphatic hydroxyl groups is 1. The molecule has 1 fully saturated rings. The zero-order chi connectivity index (χ0) is 15.7. The molecule has 3 unspecified atom stereocenters. The Kier molecular flexibility index (Phi) is 8.04. The highest BCUT2D eigenvalue weighted by Crippen LogP contribution is 2.35. The largest absolute Gasteiger partial charge is 0.392 e. The minimum atomic E-state index is -0.318. The molecule has 21 heavy (non-hydrogen) atoms. The highest BCUT2D eigenvalue weighted by atomic mass is 16.5. The molecule has 1 saturated carbocycles. The van der Waals surface area contributed by atoms with Crippen molar-refractivity contribution < 1.29 is 14.6 Å². The first kappa shape index (κ1) is 18.2. The molecule has 124 valence electrons. The minimum absolute atomic E-state index is 0.0547. The summed E-state index contributed by atoms with van der Waals surface area (Å²) in [4.78, 5) is 12.0. The van der Waals surface area contributed by atoms with E-state index >= 15 is 0 Å². The third kappa shape index (κ3) is 6.22. The first-order chi connectivity index (χ1) is 10.0. The lowest BCUT2D eigenvalue weighted by molar-refractivity contribution is 0.00299. The maximum absolute atomic E-state index is 12.0. The van der Waals surface area contributed by atoms with Crippen molar-refractivity contribution in [3.63, 3.8) is 0 Å². The van der Waals surface area contributed by atoms with Crippen molar-refractivity contribution in [2.45, 2.75) is 70.9 Å². The zero-order valence-corrected chi connectivity index (χ0v) is 13.8. The monoisotopic (exact) mass is 300 g/mol. The Bertz CT molecular complexity index is 312. The number of methoxy groups -OCH3 is 1. The van der Waals surface area contributed by atoms with Crippen LogP contribution in [0.3, 0.4) is 0 Å². The molecule has 0 radical (unpaired) electrons. The van der Waals surface area contributed by atoms with Crippen molar-refractivity contribution in [3.8, 4) is 0 Å². The van der Waals surface area contributed by atoms with Crippen LogP contribution in [0.2, 0.25) is 0 Å². The predicted molar refractivity (Wildman–Crippen MR) is 84.3 cm³/mol. The van der Waals surface area contributed by atoms with Crippen molar-refractivity contribution in [1.82, 2.24) is 10.6 Å². The normalized spacial score (nSPS) is 27.1. The van der Waals surface area contributed by atoms with Crippen LogP contribution in [0, 0.1) is 5.41 Å². The van der Waals surface area contributed by atoms with E-state index in [1.165, 1.54) is 0 Å². The summed E-state index contributed by atoms with van der Waals surface area (Å²) in [6, 6.07) is -0.105. The average molecular weight is 300 g/mol. The molecule has 0 saturated heterocycles. The van der Waals surface area contributed by atoms with Crippen LogP contribution in [0.5, 0.6) is 0 Å². The van der Waals surface area contributed by atoms with Crippen LogP contribution >= 0.6 is 0 Å². The summed E-state index contributed by atoms with van der Waals surface area (Å²) in [5.74, 6) is 0. The number of hydrogen-bond donors (Lipinski definition) is 3. The first-order valence-corrected chi connectivity index (χ1v) is 8.23. The molecule has 0 aromatic heterocycles. The molecule has 0 heterocycles. The predicted octanol–water partition coefficient (Wildman–Crippen LogP) is 2.43. The van der Waals surface area contributed by atoms with Crippen molar-refractivity contribution in [3.05, 3.63) is 0 Å². The van der Waals surface area contributed by atoms with Crippen molar-refractivity contribution in [2.75, 3.05) is 20.3 Å². The third-order valence-electron chi connectivity index (χ3n) is 4.54. The highest BCUT2D eigenvalue weighted by molar-refractivity contribution is 5.74. The van der Waals surface area contributed by atoms with Crippen LogP contribution in [0.15, 0.2) is 0 Å². The van der Waals surface area contributed by atoms with Gasteiger partial charge in [-0.2, -0.15) is 0 Å². The van der Waals surface area contributed by atoms with Gasteiger partial charge in [-0.25, -0.2) is 4.79 Å².